The summed E-state index contributed by atoms with van der Waals surface area (Å²) >= 11 is 3.55. The van der Waals surface area contributed by atoms with Crippen molar-refractivity contribution in [2.45, 2.75) is 31.8 Å². The SMILES string of the molecule is Nc1ccc(CN(CCO)C2CCC2)c(Br)c1. The van der Waals surface area contributed by atoms with Crippen LogP contribution in [0.1, 0.15) is 24.8 Å². The van der Waals surface area contributed by atoms with Crippen molar-refractivity contribution in [3.05, 3.63) is 28.2 Å². The van der Waals surface area contributed by atoms with Gasteiger partial charge in [-0.05, 0) is 30.5 Å². The molecule has 17 heavy (non-hydrogen) atoms. The topological polar surface area (TPSA) is 49.5 Å². The molecule has 0 bridgehead atoms. The molecule has 0 aromatic heterocycles. The van der Waals surface area contributed by atoms with Crippen molar-refractivity contribution in [1.29, 1.82) is 0 Å². The van der Waals surface area contributed by atoms with Crippen LogP contribution in [0.15, 0.2) is 22.7 Å². The first-order valence-electron chi connectivity index (χ1n) is 6.09. The molecule has 2 rings (SSSR count). The number of hydrogen-bond acceptors (Lipinski definition) is 3. The van der Waals surface area contributed by atoms with Crippen LogP contribution < -0.4 is 5.73 Å². The molecule has 1 fully saturated rings. The predicted molar refractivity (Wildman–Crippen MR) is 73.7 cm³/mol. The van der Waals surface area contributed by atoms with E-state index < -0.39 is 0 Å². The van der Waals surface area contributed by atoms with E-state index in [2.05, 4.69) is 26.9 Å². The van der Waals surface area contributed by atoms with Gasteiger partial charge >= 0.3 is 0 Å². The Bertz CT molecular complexity index is 380. The molecule has 0 spiro atoms. The number of rotatable bonds is 5. The van der Waals surface area contributed by atoms with Crippen LogP contribution in [0.4, 0.5) is 5.69 Å². The van der Waals surface area contributed by atoms with Gasteiger partial charge in [0.1, 0.15) is 0 Å². The number of aliphatic hydroxyl groups is 1. The number of nitrogens with zero attached hydrogens (tertiary/aromatic N) is 1. The first kappa shape index (κ1) is 12.9. The summed E-state index contributed by atoms with van der Waals surface area (Å²) in [6.07, 6.45) is 3.83. The van der Waals surface area contributed by atoms with E-state index in [1.807, 2.05) is 12.1 Å². The van der Waals surface area contributed by atoms with Crippen LogP contribution in [0.5, 0.6) is 0 Å². The molecule has 0 radical (unpaired) electrons. The quantitative estimate of drug-likeness (QED) is 0.821. The van der Waals surface area contributed by atoms with Crippen molar-refractivity contribution >= 4 is 21.6 Å². The van der Waals surface area contributed by atoms with Crippen molar-refractivity contribution < 1.29 is 5.11 Å². The third kappa shape index (κ3) is 3.21. The Hall–Kier alpha value is -0.580. The van der Waals surface area contributed by atoms with Gasteiger partial charge < -0.3 is 10.8 Å². The Kier molecular flexibility index (Phi) is 4.42. The molecule has 0 aliphatic heterocycles. The largest absolute Gasteiger partial charge is 0.399 e. The molecule has 1 aliphatic carbocycles. The molecule has 1 aromatic carbocycles. The Morgan fingerprint density at radius 3 is 2.71 bits per heavy atom. The Morgan fingerprint density at radius 1 is 1.41 bits per heavy atom. The second kappa shape index (κ2) is 5.85. The third-order valence-electron chi connectivity index (χ3n) is 3.43. The number of halogens is 1. The van der Waals surface area contributed by atoms with Crippen LogP contribution in [-0.4, -0.2) is 29.2 Å². The lowest BCUT2D eigenvalue weighted by Gasteiger charge is -2.37. The first-order valence-corrected chi connectivity index (χ1v) is 6.89. The molecule has 0 heterocycles. The van der Waals surface area contributed by atoms with Gasteiger partial charge in [0.2, 0.25) is 0 Å². The van der Waals surface area contributed by atoms with Gasteiger partial charge in [-0.2, -0.15) is 0 Å². The molecule has 3 N–H and O–H groups in total. The summed E-state index contributed by atoms with van der Waals surface area (Å²) in [7, 11) is 0. The summed E-state index contributed by atoms with van der Waals surface area (Å²) in [6, 6.07) is 6.57. The fourth-order valence-corrected chi connectivity index (χ4v) is 2.70. The fourth-order valence-electron chi connectivity index (χ4n) is 2.18. The molecule has 0 amide bonds. The van der Waals surface area contributed by atoms with Crippen LogP contribution >= 0.6 is 15.9 Å². The zero-order chi connectivity index (χ0) is 12.3. The first-order chi connectivity index (χ1) is 8.20. The molecule has 3 nitrogen and oxygen atoms in total. The van der Waals surface area contributed by atoms with Crippen molar-refractivity contribution in [2.24, 2.45) is 0 Å². The number of nitrogen functional groups attached to an aromatic ring is 1. The highest BCUT2D eigenvalue weighted by Gasteiger charge is 2.24. The second-order valence-electron chi connectivity index (χ2n) is 4.63. The monoisotopic (exact) mass is 298 g/mol. The fraction of sp³-hybridized carbons (Fsp3) is 0.538. The third-order valence-corrected chi connectivity index (χ3v) is 4.17. The van der Waals surface area contributed by atoms with E-state index in [4.69, 9.17) is 10.8 Å². The highest BCUT2D eigenvalue weighted by Crippen LogP contribution is 2.28. The van der Waals surface area contributed by atoms with E-state index in [-0.39, 0.29) is 6.61 Å². The summed E-state index contributed by atoms with van der Waals surface area (Å²) in [5, 5.41) is 9.12. The Balaban J connectivity index is 2.05. The summed E-state index contributed by atoms with van der Waals surface area (Å²) in [5.41, 5.74) is 7.74. The maximum absolute atomic E-state index is 9.12. The summed E-state index contributed by atoms with van der Waals surface area (Å²) in [6.45, 7) is 1.86. The average Bonchev–Trinajstić information content (AvgIpc) is 2.20. The second-order valence-corrected chi connectivity index (χ2v) is 5.48. The van der Waals surface area contributed by atoms with Crippen LogP contribution in [0.25, 0.3) is 0 Å². The van der Waals surface area contributed by atoms with Crippen molar-refractivity contribution in [3.63, 3.8) is 0 Å². The van der Waals surface area contributed by atoms with Crippen LogP contribution in [0, 0.1) is 0 Å². The van der Waals surface area contributed by atoms with Gasteiger partial charge in [0.25, 0.3) is 0 Å². The number of benzene rings is 1. The zero-order valence-electron chi connectivity index (χ0n) is 9.90. The smallest absolute Gasteiger partial charge is 0.0558 e. The van der Waals surface area contributed by atoms with Gasteiger partial charge in [0.15, 0.2) is 0 Å². The van der Waals surface area contributed by atoms with E-state index >= 15 is 0 Å². The summed E-state index contributed by atoms with van der Waals surface area (Å²) < 4.78 is 1.06. The maximum atomic E-state index is 9.12. The zero-order valence-corrected chi connectivity index (χ0v) is 11.5. The molecule has 0 atom stereocenters. The van der Waals surface area contributed by atoms with E-state index in [1.54, 1.807) is 0 Å². The molecular weight excluding hydrogens is 280 g/mol. The van der Waals surface area contributed by atoms with Crippen molar-refractivity contribution in [3.8, 4) is 0 Å². The van der Waals surface area contributed by atoms with E-state index in [9.17, 15) is 0 Å². The minimum Gasteiger partial charge on any atom is -0.399 e. The van der Waals surface area contributed by atoms with Crippen LogP contribution in [0.2, 0.25) is 0 Å². The molecule has 1 saturated carbocycles. The van der Waals surface area contributed by atoms with Gasteiger partial charge in [-0.1, -0.05) is 28.4 Å². The molecule has 1 aromatic rings. The molecule has 0 unspecified atom stereocenters. The lowest BCUT2D eigenvalue weighted by Crippen LogP contribution is -2.41. The van der Waals surface area contributed by atoms with Gasteiger partial charge in [0.05, 0.1) is 6.61 Å². The normalized spacial score (nSPS) is 16.2. The highest BCUT2D eigenvalue weighted by atomic mass is 79.9. The maximum Gasteiger partial charge on any atom is 0.0558 e. The van der Waals surface area contributed by atoms with Gasteiger partial charge in [-0.3, -0.25) is 4.90 Å². The number of anilines is 1. The Morgan fingerprint density at radius 2 is 2.18 bits per heavy atom. The van der Waals surface area contributed by atoms with Gasteiger partial charge in [0, 0.05) is 29.3 Å². The molecule has 4 heteroatoms. The molecular formula is C13H19BrN2O. The van der Waals surface area contributed by atoms with Gasteiger partial charge in [-0.25, -0.2) is 0 Å². The lowest BCUT2D eigenvalue weighted by atomic mass is 9.91. The van der Waals surface area contributed by atoms with E-state index in [1.165, 1.54) is 24.8 Å². The lowest BCUT2D eigenvalue weighted by molar-refractivity contribution is 0.0944. The standard InChI is InChI=1S/C13H19BrN2O/c14-13-8-11(15)5-4-10(13)9-16(6-7-17)12-2-1-3-12/h4-5,8,12,17H,1-3,6-7,9,15H2. The summed E-state index contributed by atoms with van der Waals surface area (Å²) in [4.78, 5) is 2.36. The number of nitrogens with two attached hydrogens (primary N) is 1. The average molecular weight is 299 g/mol. The molecule has 0 saturated heterocycles. The van der Waals surface area contributed by atoms with Crippen molar-refractivity contribution in [2.75, 3.05) is 18.9 Å². The molecule has 1 aliphatic rings. The van der Waals surface area contributed by atoms with E-state index in [0.29, 0.717) is 6.04 Å². The summed E-state index contributed by atoms with van der Waals surface area (Å²) in [5.74, 6) is 0. The Labute approximate surface area is 111 Å². The minimum absolute atomic E-state index is 0.225. The predicted octanol–water partition coefficient (Wildman–Crippen LogP) is 2.38. The van der Waals surface area contributed by atoms with Gasteiger partial charge in [-0.15, -0.1) is 0 Å². The minimum atomic E-state index is 0.225. The van der Waals surface area contributed by atoms with E-state index in [0.717, 1.165) is 23.2 Å². The van der Waals surface area contributed by atoms with Crippen LogP contribution in [-0.2, 0) is 6.54 Å². The number of aliphatic hydroxyl groups excluding tert-OH is 1. The molecule has 94 valence electrons. The highest BCUT2D eigenvalue weighted by molar-refractivity contribution is 9.10. The van der Waals surface area contributed by atoms with Crippen molar-refractivity contribution in [1.82, 2.24) is 4.90 Å². The number of hydrogen-bond donors (Lipinski definition) is 2. The van der Waals surface area contributed by atoms with Crippen LogP contribution in [0.3, 0.4) is 0 Å².